The van der Waals surface area contributed by atoms with Gasteiger partial charge in [-0.2, -0.15) is 13.2 Å². The molecule has 1 aromatic rings. The van der Waals surface area contributed by atoms with Gasteiger partial charge in [0, 0.05) is 31.5 Å². The normalized spacial score (nSPS) is 22.5. The van der Waals surface area contributed by atoms with E-state index >= 15 is 0 Å². The molecule has 1 unspecified atom stereocenters. The van der Waals surface area contributed by atoms with E-state index in [9.17, 15) is 18.0 Å². The van der Waals surface area contributed by atoms with E-state index in [1.807, 2.05) is 0 Å². The van der Waals surface area contributed by atoms with Gasteiger partial charge in [-0.15, -0.1) is 0 Å². The molecule has 2 aliphatic heterocycles. The van der Waals surface area contributed by atoms with Gasteiger partial charge >= 0.3 is 6.18 Å². The number of ether oxygens (including phenoxy) is 1. The number of likely N-dealkylation sites (tertiary alicyclic amines) is 1. The maximum absolute atomic E-state index is 12.8. The number of pyridine rings is 1. The summed E-state index contributed by atoms with van der Waals surface area (Å²) in [4.78, 5) is 19.3. The topological polar surface area (TPSA) is 45.7 Å². The van der Waals surface area contributed by atoms with Gasteiger partial charge in [-0.1, -0.05) is 0 Å². The maximum atomic E-state index is 12.8. The van der Waals surface area contributed by atoms with Crippen LogP contribution in [0.15, 0.2) is 18.3 Å². The molecule has 3 heterocycles. The second kappa shape index (κ2) is 6.35. The van der Waals surface area contributed by atoms with Crippen molar-refractivity contribution in [3.63, 3.8) is 0 Å². The van der Waals surface area contributed by atoms with E-state index < -0.39 is 18.0 Å². The molecule has 0 N–H and O–H groups in total. The van der Waals surface area contributed by atoms with Crippen molar-refractivity contribution in [3.05, 3.63) is 24.0 Å². The monoisotopic (exact) mass is 329 g/mol. The highest BCUT2D eigenvalue weighted by Gasteiger charge is 2.35. The number of aromatic nitrogens is 1. The summed E-state index contributed by atoms with van der Waals surface area (Å²) in [5.41, 5.74) is -0.515. The fourth-order valence-corrected chi connectivity index (χ4v) is 2.95. The molecular weight excluding hydrogens is 311 g/mol. The zero-order valence-corrected chi connectivity index (χ0v) is 12.6. The van der Waals surface area contributed by atoms with Crippen molar-refractivity contribution in [2.75, 3.05) is 37.7 Å². The molecule has 0 saturated carbocycles. The van der Waals surface area contributed by atoms with Crippen LogP contribution in [-0.2, 0) is 15.7 Å². The number of amides is 1. The van der Waals surface area contributed by atoms with Gasteiger partial charge in [-0.25, -0.2) is 0 Å². The van der Waals surface area contributed by atoms with E-state index in [0.717, 1.165) is 38.2 Å². The molecule has 0 spiro atoms. The van der Waals surface area contributed by atoms with Gasteiger partial charge in [0.15, 0.2) is 6.10 Å². The number of carbonyl (C=O) groups excluding carboxylic acids is 1. The number of nitrogens with zero attached hydrogens (tertiary/aromatic N) is 3. The second-order valence-corrected chi connectivity index (χ2v) is 5.73. The third-order valence-corrected chi connectivity index (χ3v) is 4.16. The van der Waals surface area contributed by atoms with E-state index in [1.54, 1.807) is 9.80 Å². The number of halogens is 3. The van der Waals surface area contributed by atoms with Gasteiger partial charge in [0.1, 0.15) is 5.69 Å². The fraction of sp³-hybridized carbons (Fsp3) is 0.600. The van der Waals surface area contributed by atoms with Crippen LogP contribution in [0.3, 0.4) is 0 Å². The molecule has 1 aromatic heterocycles. The van der Waals surface area contributed by atoms with E-state index in [2.05, 4.69) is 4.98 Å². The van der Waals surface area contributed by atoms with Gasteiger partial charge in [-0.05, 0) is 25.0 Å². The number of anilines is 1. The minimum absolute atomic E-state index is 0.0719. The molecule has 1 atom stereocenters. The molecular formula is C15H18F3N3O2. The van der Waals surface area contributed by atoms with Crippen molar-refractivity contribution >= 4 is 11.6 Å². The summed E-state index contributed by atoms with van der Waals surface area (Å²) in [6.45, 7) is 2.48. The SMILES string of the molecule is O=C(C1CN(c2ccnc(C(F)(F)F)c2)CCO1)N1CCCC1. The number of morpholine rings is 1. The maximum Gasteiger partial charge on any atom is 0.433 e. The molecule has 3 rings (SSSR count). The molecule has 0 aromatic carbocycles. The van der Waals surface area contributed by atoms with E-state index in [0.29, 0.717) is 18.8 Å². The summed E-state index contributed by atoms with van der Waals surface area (Å²) in [6.07, 6.45) is -1.98. The zero-order chi connectivity index (χ0) is 16.4. The van der Waals surface area contributed by atoms with Crippen molar-refractivity contribution < 1.29 is 22.7 Å². The minimum Gasteiger partial charge on any atom is -0.366 e. The zero-order valence-electron chi connectivity index (χ0n) is 12.6. The Morgan fingerprint density at radius 1 is 1.26 bits per heavy atom. The van der Waals surface area contributed by atoms with Crippen LogP contribution in [0, 0.1) is 0 Å². The molecule has 23 heavy (non-hydrogen) atoms. The van der Waals surface area contributed by atoms with Gasteiger partial charge in [0.25, 0.3) is 5.91 Å². The Kier molecular flexibility index (Phi) is 4.43. The Morgan fingerprint density at radius 2 is 2.00 bits per heavy atom. The molecule has 8 heteroatoms. The predicted molar refractivity (Wildman–Crippen MR) is 77.0 cm³/mol. The first kappa shape index (κ1) is 16.0. The van der Waals surface area contributed by atoms with Crippen LogP contribution in [0.25, 0.3) is 0 Å². The predicted octanol–water partition coefficient (Wildman–Crippen LogP) is 1.93. The molecule has 126 valence electrons. The number of hydrogen-bond donors (Lipinski definition) is 0. The van der Waals surface area contributed by atoms with Gasteiger partial charge in [0.05, 0.1) is 13.2 Å². The smallest absolute Gasteiger partial charge is 0.366 e. The summed E-state index contributed by atoms with van der Waals surface area (Å²) in [5.74, 6) is -0.0719. The van der Waals surface area contributed by atoms with Crippen LogP contribution >= 0.6 is 0 Å². The van der Waals surface area contributed by atoms with Crippen molar-refractivity contribution in [1.82, 2.24) is 9.88 Å². The number of hydrogen-bond acceptors (Lipinski definition) is 4. The molecule has 2 fully saturated rings. The van der Waals surface area contributed by atoms with Gasteiger partial charge in [0.2, 0.25) is 0 Å². The summed E-state index contributed by atoms with van der Waals surface area (Å²) < 4.78 is 43.9. The molecule has 0 bridgehead atoms. The van der Waals surface area contributed by atoms with Crippen molar-refractivity contribution in [2.45, 2.75) is 25.1 Å². The first-order chi connectivity index (χ1) is 10.9. The van der Waals surface area contributed by atoms with E-state index in [-0.39, 0.29) is 12.5 Å². The second-order valence-electron chi connectivity index (χ2n) is 5.73. The summed E-state index contributed by atoms with van der Waals surface area (Å²) >= 11 is 0. The fourth-order valence-electron chi connectivity index (χ4n) is 2.95. The minimum atomic E-state index is -4.48. The lowest BCUT2D eigenvalue weighted by molar-refractivity contribution is -0.143. The first-order valence-electron chi connectivity index (χ1n) is 7.64. The van der Waals surface area contributed by atoms with Gasteiger partial charge < -0.3 is 14.5 Å². The van der Waals surface area contributed by atoms with Crippen LogP contribution in [-0.4, -0.2) is 54.7 Å². The average Bonchev–Trinajstić information content (AvgIpc) is 3.08. The standard InChI is InChI=1S/C15H18F3N3O2/c16-15(17,18)13-9-11(3-4-19-13)21-7-8-23-12(10-21)14(22)20-5-1-2-6-20/h3-4,9,12H,1-2,5-8,10H2. The lowest BCUT2D eigenvalue weighted by Gasteiger charge is -2.35. The number of rotatable bonds is 2. The van der Waals surface area contributed by atoms with Crippen LogP contribution in [0.1, 0.15) is 18.5 Å². The highest BCUT2D eigenvalue weighted by Crippen LogP contribution is 2.30. The lowest BCUT2D eigenvalue weighted by atomic mass is 10.2. The molecule has 0 radical (unpaired) electrons. The van der Waals surface area contributed by atoms with Crippen molar-refractivity contribution in [1.29, 1.82) is 0 Å². The molecule has 5 nitrogen and oxygen atoms in total. The number of carbonyl (C=O) groups is 1. The molecule has 0 aliphatic carbocycles. The van der Waals surface area contributed by atoms with Crippen molar-refractivity contribution in [2.24, 2.45) is 0 Å². The Labute approximate surface area is 132 Å². The number of alkyl halides is 3. The largest absolute Gasteiger partial charge is 0.433 e. The summed E-state index contributed by atoms with van der Waals surface area (Å²) in [6, 6.07) is 2.54. The first-order valence-corrected chi connectivity index (χ1v) is 7.64. The summed E-state index contributed by atoms with van der Waals surface area (Å²) in [7, 11) is 0. The van der Waals surface area contributed by atoms with Crippen LogP contribution in [0.2, 0.25) is 0 Å². The molecule has 2 aliphatic rings. The van der Waals surface area contributed by atoms with Crippen molar-refractivity contribution in [3.8, 4) is 0 Å². The van der Waals surface area contributed by atoms with Crippen LogP contribution in [0.5, 0.6) is 0 Å². The third-order valence-electron chi connectivity index (χ3n) is 4.16. The van der Waals surface area contributed by atoms with Gasteiger partial charge in [-0.3, -0.25) is 9.78 Å². The Balaban J connectivity index is 1.72. The molecule has 1 amide bonds. The van der Waals surface area contributed by atoms with Crippen LogP contribution in [0.4, 0.5) is 18.9 Å². The third kappa shape index (κ3) is 3.57. The quantitative estimate of drug-likeness (QED) is 0.832. The summed E-state index contributed by atoms with van der Waals surface area (Å²) in [5, 5.41) is 0. The van der Waals surface area contributed by atoms with Crippen LogP contribution < -0.4 is 4.90 Å². The van der Waals surface area contributed by atoms with E-state index in [4.69, 9.17) is 4.74 Å². The average molecular weight is 329 g/mol. The highest BCUT2D eigenvalue weighted by molar-refractivity contribution is 5.82. The van der Waals surface area contributed by atoms with E-state index in [1.165, 1.54) is 6.07 Å². The Hall–Kier alpha value is -1.83. The Morgan fingerprint density at radius 3 is 2.70 bits per heavy atom. The highest BCUT2D eigenvalue weighted by atomic mass is 19.4. The lowest BCUT2D eigenvalue weighted by Crippen LogP contribution is -2.50. The molecule has 2 saturated heterocycles. The Bertz CT molecular complexity index is 573.